The molecule has 0 atom stereocenters. The first-order valence-corrected chi connectivity index (χ1v) is 5.81. The highest BCUT2D eigenvalue weighted by Crippen LogP contribution is 2.24. The standard InChI is InChI=1S/C14H12F2N2O2/c15-12-6-5-11(7-13(12)16)20-10-3-1-9(2-4-10)18-14(19)8-17/h1-7H,8,17H2,(H,18,19). The highest BCUT2D eigenvalue weighted by Gasteiger charge is 2.05. The molecule has 2 aromatic rings. The van der Waals surface area contributed by atoms with Gasteiger partial charge in [0.15, 0.2) is 11.6 Å². The molecule has 0 bridgehead atoms. The summed E-state index contributed by atoms with van der Waals surface area (Å²) in [6, 6.07) is 9.68. The average molecular weight is 278 g/mol. The Balaban J connectivity index is 2.06. The molecule has 0 saturated heterocycles. The van der Waals surface area contributed by atoms with Gasteiger partial charge in [0.25, 0.3) is 0 Å². The lowest BCUT2D eigenvalue weighted by Crippen LogP contribution is -2.21. The van der Waals surface area contributed by atoms with E-state index in [1.165, 1.54) is 6.07 Å². The smallest absolute Gasteiger partial charge is 0.238 e. The first-order valence-electron chi connectivity index (χ1n) is 5.81. The maximum absolute atomic E-state index is 13.0. The fraction of sp³-hybridized carbons (Fsp3) is 0.0714. The minimum Gasteiger partial charge on any atom is -0.457 e. The van der Waals surface area contributed by atoms with Crippen molar-refractivity contribution in [1.29, 1.82) is 0 Å². The zero-order valence-corrected chi connectivity index (χ0v) is 10.4. The Kier molecular flexibility index (Phi) is 4.27. The third kappa shape index (κ3) is 3.52. The number of benzene rings is 2. The van der Waals surface area contributed by atoms with Crippen LogP contribution in [0.3, 0.4) is 0 Å². The molecule has 0 saturated carbocycles. The van der Waals surface area contributed by atoms with Crippen molar-refractivity contribution in [3.05, 3.63) is 54.1 Å². The van der Waals surface area contributed by atoms with E-state index in [2.05, 4.69) is 5.32 Å². The van der Waals surface area contributed by atoms with E-state index in [9.17, 15) is 13.6 Å². The maximum Gasteiger partial charge on any atom is 0.238 e. The van der Waals surface area contributed by atoms with Crippen LogP contribution in [0.1, 0.15) is 0 Å². The number of anilines is 1. The second kappa shape index (κ2) is 6.12. The van der Waals surface area contributed by atoms with Crippen LogP contribution in [0, 0.1) is 11.6 Å². The summed E-state index contributed by atoms with van der Waals surface area (Å²) in [5.41, 5.74) is 5.74. The zero-order chi connectivity index (χ0) is 14.5. The van der Waals surface area contributed by atoms with Gasteiger partial charge in [-0.05, 0) is 36.4 Å². The van der Waals surface area contributed by atoms with Crippen LogP contribution in [0.2, 0.25) is 0 Å². The summed E-state index contributed by atoms with van der Waals surface area (Å²) in [6.45, 7) is -0.104. The van der Waals surface area contributed by atoms with Crippen LogP contribution < -0.4 is 15.8 Å². The van der Waals surface area contributed by atoms with Gasteiger partial charge in [-0.25, -0.2) is 8.78 Å². The van der Waals surface area contributed by atoms with E-state index in [4.69, 9.17) is 10.5 Å². The predicted molar refractivity (Wildman–Crippen MR) is 70.6 cm³/mol. The van der Waals surface area contributed by atoms with Gasteiger partial charge in [-0.2, -0.15) is 0 Å². The molecule has 0 aromatic heterocycles. The minimum absolute atomic E-state index is 0.104. The summed E-state index contributed by atoms with van der Waals surface area (Å²) in [5.74, 6) is -1.60. The number of amides is 1. The maximum atomic E-state index is 13.0. The molecule has 0 aliphatic rings. The van der Waals surface area contributed by atoms with Crippen LogP contribution >= 0.6 is 0 Å². The van der Waals surface area contributed by atoms with Gasteiger partial charge in [0.2, 0.25) is 5.91 Å². The fourth-order valence-electron chi connectivity index (χ4n) is 1.49. The van der Waals surface area contributed by atoms with Gasteiger partial charge in [0.05, 0.1) is 6.54 Å². The summed E-state index contributed by atoms with van der Waals surface area (Å²) in [4.78, 5) is 11.1. The average Bonchev–Trinajstić information content (AvgIpc) is 2.45. The van der Waals surface area contributed by atoms with Crippen LogP contribution in [0.25, 0.3) is 0 Å². The van der Waals surface area contributed by atoms with E-state index >= 15 is 0 Å². The lowest BCUT2D eigenvalue weighted by Gasteiger charge is -2.07. The van der Waals surface area contributed by atoms with Crippen molar-refractivity contribution in [3.8, 4) is 11.5 Å². The lowest BCUT2D eigenvalue weighted by molar-refractivity contribution is -0.114. The molecule has 0 radical (unpaired) electrons. The predicted octanol–water partition coefficient (Wildman–Crippen LogP) is 2.65. The molecular formula is C14H12F2N2O2. The van der Waals surface area contributed by atoms with Crippen LogP contribution in [0.15, 0.2) is 42.5 Å². The van der Waals surface area contributed by atoms with Gasteiger partial charge in [-0.3, -0.25) is 4.79 Å². The first kappa shape index (κ1) is 14.0. The number of nitrogens with two attached hydrogens (primary N) is 1. The van der Waals surface area contributed by atoms with Gasteiger partial charge in [0.1, 0.15) is 11.5 Å². The van der Waals surface area contributed by atoms with E-state index in [0.717, 1.165) is 12.1 Å². The van der Waals surface area contributed by atoms with E-state index in [1.807, 2.05) is 0 Å². The summed E-state index contributed by atoms with van der Waals surface area (Å²) >= 11 is 0. The van der Waals surface area contributed by atoms with Crippen molar-refractivity contribution in [2.75, 3.05) is 11.9 Å². The Morgan fingerprint density at radius 3 is 2.30 bits per heavy atom. The molecule has 6 heteroatoms. The normalized spacial score (nSPS) is 10.2. The third-order valence-corrected chi connectivity index (χ3v) is 2.45. The highest BCUT2D eigenvalue weighted by molar-refractivity contribution is 5.92. The Hall–Kier alpha value is -2.47. The van der Waals surface area contributed by atoms with Crippen molar-refractivity contribution in [3.63, 3.8) is 0 Å². The Labute approximate surface area is 114 Å². The summed E-state index contributed by atoms with van der Waals surface area (Å²) in [7, 11) is 0. The van der Waals surface area contributed by atoms with E-state index in [0.29, 0.717) is 11.4 Å². The number of carbonyl (C=O) groups excluding carboxylic acids is 1. The molecule has 0 fully saturated rings. The molecule has 3 N–H and O–H groups in total. The second-order valence-corrected chi connectivity index (χ2v) is 3.95. The SMILES string of the molecule is NCC(=O)Nc1ccc(Oc2ccc(F)c(F)c2)cc1. The van der Waals surface area contributed by atoms with E-state index in [1.54, 1.807) is 24.3 Å². The van der Waals surface area contributed by atoms with E-state index in [-0.39, 0.29) is 18.2 Å². The van der Waals surface area contributed by atoms with Crippen molar-refractivity contribution in [1.82, 2.24) is 0 Å². The van der Waals surface area contributed by atoms with Gasteiger partial charge in [0, 0.05) is 11.8 Å². The Morgan fingerprint density at radius 1 is 1.05 bits per heavy atom. The Bertz CT molecular complexity index is 615. The molecule has 4 nitrogen and oxygen atoms in total. The Morgan fingerprint density at radius 2 is 1.70 bits per heavy atom. The molecular weight excluding hydrogens is 266 g/mol. The largest absolute Gasteiger partial charge is 0.457 e. The topological polar surface area (TPSA) is 64.4 Å². The van der Waals surface area contributed by atoms with Crippen molar-refractivity contribution in [2.45, 2.75) is 0 Å². The molecule has 1 amide bonds. The number of rotatable bonds is 4. The molecule has 0 aliphatic carbocycles. The van der Waals surface area contributed by atoms with Gasteiger partial charge in [-0.1, -0.05) is 0 Å². The molecule has 0 heterocycles. The number of nitrogens with one attached hydrogen (secondary N) is 1. The van der Waals surface area contributed by atoms with Crippen LogP contribution in [0.5, 0.6) is 11.5 Å². The second-order valence-electron chi connectivity index (χ2n) is 3.95. The molecule has 0 spiro atoms. The highest BCUT2D eigenvalue weighted by atomic mass is 19.2. The lowest BCUT2D eigenvalue weighted by atomic mass is 10.3. The molecule has 2 aromatic carbocycles. The van der Waals surface area contributed by atoms with Gasteiger partial charge >= 0.3 is 0 Å². The van der Waals surface area contributed by atoms with Crippen molar-refractivity contribution in [2.24, 2.45) is 5.73 Å². The zero-order valence-electron chi connectivity index (χ0n) is 10.4. The summed E-state index contributed by atoms with van der Waals surface area (Å²) in [5, 5.41) is 2.57. The number of hydrogen-bond donors (Lipinski definition) is 2. The van der Waals surface area contributed by atoms with Gasteiger partial charge in [-0.15, -0.1) is 0 Å². The molecule has 104 valence electrons. The number of ether oxygens (including phenoxy) is 1. The number of carbonyl (C=O) groups is 1. The minimum atomic E-state index is -0.977. The van der Waals surface area contributed by atoms with E-state index < -0.39 is 11.6 Å². The number of halogens is 2. The van der Waals surface area contributed by atoms with Gasteiger partial charge < -0.3 is 15.8 Å². The molecule has 0 aliphatic heterocycles. The quantitative estimate of drug-likeness (QED) is 0.903. The molecule has 20 heavy (non-hydrogen) atoms. The van der Waals surface area contributed by atoms with Crippen molar-refractivity contribution < 1.29 is 18.3 Å². The first-order chi connectivity index (χ1) is 9.58. The molecule has 0 unspecified atom stereocenters. The molecule has 2 rings (SSSR count). The van der Waals surface area contributed by atoms with Crippen molar-refractivity contribution >= 4 is 11.6 Å². The monoisotopic (exact) mass is 278 g/mol. The van der Waals surface area contributed by atoms with Crippen LogP contribution in [-0.2, 0) is 4.79 Å². The summed E-state index contributed by atoms with van der Waals surface area (Å²) < 4.78 is 31.1. The van der Waals surface area contributed by atoms with Crippen LogP contribution in [0.4, 0.5) is 14.5 Å². The summed E-state index contributed by atoms with van der Waals surface area (Å²) in [6.07, 6.45) is 0. The fourth-order valence-corrected chi connectivity index (χ4v) is 1.49. The third-order valence-electron chi connectivity index (χ3n) is 2.45. The van der Waals surface area contributed by atoms with Crippen LogP contribution in [-0.4, -0.2) is 12.5 Å². The number of hydrogen-bond acceptors (Lipinski definition) is 3.